The molecule has 0 fully saturated rings. The zero-order valence-corrected chi connectivity index (χ0v) is 12.6. The number of aromatic amines is 1. The number of amides is 1. The van der Waals surface area contributed by atoms with Crippen LogP contribution in [-0.2, 0) is 17.8 Å². The number of nitrogens with one attached hydrogen (secondary N) is 2. The molecule has 2 rings (SSSR count). The molecule has 3 N–H and O–H groups in total. The van der Waals surface area contributed by atoms with Gasteiger partial charge < -0.3 is 10.4 Å². The molecule has 1 amide bonds. The van der Waals surface area contributed by atoms with E-state index >= 15 is 0 Å². The average Bonchev–Trinajstić information content (AvgIpc) is 2.83. The summed E-state index contributed by atoms with van der Waals surface area (Å²) in [6.45, 7) is 4.32. The van der Waals surface area contributed by atoms with E-state index in [0.29, 0.717) is 19.4 Å². The maximum absolute atomic E-state index is 11.8. The Morgan fingerprint density at radius 1 is 1.23 bits per heavy atom. The fourth-order valence-electron chi connectivity index (χ4n) is 2.07. The van der Waals surface area contributed by atoms with Crippen LogP contribution in [0.3, 0.4) is 0 Å². The summed E-state index contributed by atoms with van der Waals surface area (Å²) >= 11 is 0. The average molecular weight is 301 g/mol. The van der Waals surface area contributed by atoms with Gasteiger partial charge in [0, 0.05) is 25.1 Å². The Balaban J connectivity index is 1.80. The molecule has 0 spiro atoms. The Morgan fingerprint density at radius 2 is 1.91 bits per heavy atom. The first-order valence-electron chi connectivity index (χ1n) is 7.06. The molecule has 0 atom stereocenters. The minimum Gasteiger partial charge on any atom is -0.478 e. The number of carboxylic acids is 1. The van der Waals surface area contributed by atoms with Crippen molar-refractivity contribution >= 4 is 11.9 Å². The monoisotopic (exact) mass is 301 g/mol. The van der Waals surface area contributed by atoms with Crippen LogP contribution in [0.5, 0.6) is 0 Å². The summed E-state index contributed by atoms with van der Waals surface area (Å²) in [6.07, 6.45) is 0.971. The highest BCUT2D eigenvalue weighted by Crippen LogP contribution is 2.10. The highest BCUT2D eigenvalue weighted by atomic mass is 16.4. The molecule has 0 aliphatic heterocycles. The first-order chi connectivity index (χ1) is 10.5. The number of nitrogens with zero attached hydrogens (tertiary/aromatic N) is 1. The van der Waals surface area contributed by atoms with Gasteiger partial charge >= 0.3 is 5.97 Å². The van der Waals surface area contributed by atoms with Crippen LogP contribution in [-0.4, -0.2) is 27.2 Å². The van der Waals surface area contributed by atoms with Gasteiger partial charge in [-0.15, -0.1) is 0 Å². The maximum atomic E-state index is 11.8. The fourth-order valence-corrected chi connectivity index (χ4v) is 2.07. The summed E-state index contributed by atoms with van der Waals surface area (Å²) in [5.74, 6) is -1.01. The number of rotatable bonds is 6. The van der Waals surface area contributed by atoms with E-state index < -0.39 is 5.97 Å². The quantitative estimate of drug-likeness (QED) is 0.760. The number of aromatic nitrogens is 2. The van der Waals surface area contributed by atoms with Crippen molar-refractivity contribution in [1.82, 2.24) is 15.5 Å². The second-order valence-corrected chi connectivity index (χ2v) is 5.20. The van der Waals surface area contributed by atoms with E-state index in [4.69, 9.17) is 5.11 Å². The first kappa shape index (κ1) is 15.8. The smallest absolute Gasteiger partial charge is 0.335 e. The van der Waals surface area contributed by atoms with Gasteiger partial charge in [-0.1, -0.05) is 12.1 Å². The van der Waals surface area contributed by atoms with Crippen LogP contribution in [0.1, 0.15) is 39.3 Å². The number of H-pyrrole nitrogens is 1. The second-order valence-electron chi connectivity index (χ2n) is 5.20. The van der Waals surface area contributed by atoms with Crippen molar-refractivity contribution in [3.05, 3.63) is 52.3 Å². The van der Waals surface area contributed by atoms with Crippen molar-refractivity contribution in [1.29, 1.82) is 0 Å². The fraction of sp³-hybridized carbons (Fsp3) is 0.312. The standard InChI is InChI=1S/C16H19N3O3/c1-10-11(2)18-19-14(10)7-8-15(20)17-9-12-3-5-13(6-4-12)16(21)22/h3-6H,7-9H2,1-2H3,(H,17,20)(H,18,19)(H,21,22). The highest BCUT2D eigenvalue weighted by molar-refractivity contribution is 5.87. The van der Waals surface area contributed by atoms with Crippen molar-refractivity contribution in [2.45, 2.75) is 33.2 Å². The van der Waals surface area contributed by atoms with Crippen LogP contribution in [0.4, 0.5) is 0 Å². The summed E-state index contributed by atoms with van der Waals surface area (Å²) < 4.78 is 0. The molecule has 0 radical (unpaired) electrons. The second kappa shape index (κ2) is 6.89. The summed E-state index contributed by atoms with van der Waals surface area (Å²) in [5, 5.41) is 18.7. The van der Waals surface area contributed by atoms with E-state index in [-0.39, 0.29) is 11.5 Å². The predicted octanol–water partition coefficient (Wildman–Crippen LogP) is 1.97. The Bertz CT molecular complexity index is 674. The number of aromatic carboxylic acids is 1. The highest BCUT2D eigenvalue weighted by Gasteiger charge is 2.08. The zero-order valence-electron chi connectivity index (χ0n) is 12.6. The van der Waals surface area contributed by atoms with Gasteiger partial charge in [-0.2, -0.15) is 5.10 Å². The molecular formula is C16H19N3O3. The minimum atomic E-state index is -0.958. The van der Waals surface area contributed by atoms with Gasteiger partial charge in [0.15, 0.2) is 0 Å². The molecule has 0 saturated heterocycles. The van der Waals surface area contributed by atoms with E-state index in [0.717, 1.165) is 22.5 Å². The van der Waals surface area contributed by atoms with E-state index in [9.17, 15) is 9.59 Å². The van der Waals surface area contributed by atoms with Gasteiger partial charge in [0.1, 0.15) is 0 Å². The van der Waals surface area contributed by atoms with Crippen molar-refractivity contribution in [3.63, 3.8) is 0 Å². The number of hydrogen-bond acceptors (Lipinski definition) is 3. The van der Waals surface area contributed by atoms with Crippen molar-refractivity contribution in [3.8, 4) is 0 Å². The molecule has 2 aromatic rings. The lowest BCUT2D eigenvalue weighted by Gasteiger charge is -2.05. The van der Waals surface area contributed by atoms with Gasteiger partial charge in [-0.05, 0) is 37.1 Å². The molecular weight excluding hydrogens is 282 g/mol. The van der Waals surface area contributed by atoms with E-state index in [2.05, 4.69) is 15.5 Å². The predicted molar refractivity (Wildman–Crippen MR) is 81.6 cm³/mol. The number of aryl methyl sites for hydroxylation is 2. The Morgan fingerprint density at radius 3 is 2.45 bits per heavy atom. The van der Waals surface area contributed by atoms with Gasteiger partial charge in [0.25, 0.3) is 0 Å². The third-order valence-electron chi connectivity index (χ3n) is 3.63. The molecule has 0 aliphatic carbocycles. The number of hydrogen-bond donors (Lipinski definition) is 3. The van der Waals surface area contributed by atoms with Crippen LogP contribution < -0.4 is 5.32 Å². The Labute approximate surface area is 128 Å². The molecule has 1 aromatic heterocycles. The molecule has 0 saturated carbocycles. The molecule has 0 aliphatic rings. The number of benzene rings is 1. The lowest BCUT2D eigenvalue weighted by molar-refractivity contribution is -0.121. The van der Waals surface area contributed by atoms with E-state index in [1.807, 2.05) is 13.8 Å². The third kappa shape index (κ3) is 3.94. The topological polar surface area (TPSA) is 95.1 Å². The first-order valence-corrected chi connectivity index (χ1v) is 7.06. The minimum absolute atomic E-state index is 0.0534. The van der Waals surface area contributed by atoms with Gasteiger partial charge in [0.05, 0.1) is 11.3 Å². The van der Waals surface area contributed by atoms with Gasteiger partial charge in [0.2, 0.25) is 5.91 Å². The lowest BCUT2D eigenvalue weighted by Crippen LogP contribution is -2.23. The SMILES string of the molecule is Cc1[nH]nc(CCC(=O)NCc2ccc(C(=O)O)cc2)c1C. The number of carboxylic acid groups (broad SMARTS) is 1. The maximum Gasteiger partial charge on any atom is 0.335 e. The molecule has 22 heavy (non-hydrogen) atoms. The van der Waals surface area contributed by atoms with Crippen LogP contribution in [0.15, 0.2) is 24.3 Å². The summed E-state index contributed by atoms with van der Waals surface area (Å²) in [5.41, 5.74) is 4.13. The molecule has 0 unspecified atom stereocenters. The number of carbonyl (C=O) groups excluding carboxylic acids is 1. The zero-order chi connectivity index (χ0) is 16.1. The van der Waals surface area contributed by atoms with E-state index in [1.165, 1.54) is 12.1 Å². The summed E-state index contributed by atoms with van der Waals surface area (Å²) in [4.78, 5) is 22.6. The molecule has 6 nitrogen and oxygen atoms in total. The van der Waals surface area contributed by atoms with Crippen LogP contribution in [0.2, 0.25) is 0 Å². The van der Waals surface area contributed by atoms with E-state index in [1.54, 1.807) is 12.1 Å². The third-order valence-corrected chi connectivity index (χ3v) is 3.63. The normalized spacial score (nSPS) is 10.5. The van der Waals surface area contributed by atoms with Crippen molar-refractivity contribution in [2.75, 3.05) is 0 Å². The Kier molecular flexibility index (Phi) is 4.93. The van der Waals surface area contributed by atoms with Crippen LogP contribution >= 0.6 is 0 Å². The van der Waals surface area contributed by atoms with Gasteiger partial charge in [-0.3, -0.25) is 9.89 Å². The van der Waals surface area contributed by atoms with Crippen molar-refractivity contribution in [2.24, 2.45) is 0 Å². The number of carbonyl (C=O) groups is 2. The molecule has 1 heterocycles. The summed E-state index contributed by atoms with van der Waals surface area (Å²) in [7, 11) is 0. The van der Waals surface area contributed by atoms with Crippen LogP contribution in [0.25, 0.3) is 0 Å². The van der Waals surface area contributed by atoms with Crippen molar-refractivity contribution < 1.29 is 14.7 Å². The largest absolute Gasteiger partial charge is 0.478 e. The van der Waals surface area contributed by atoms with Crippen LogP contribution in [0, 0.1) is 13.8 Å². The molecule has 0 bridgehead atoms. The summed E-state index contributed by atoms with van der Waals surface area (Å²) in [6, 6.07) is 6.45. The lowest BCUT2D eigenvalue weighted by atomic mass is 10.1. The molecule has 116 valence electrons. The molecule has 1 aromatic carbocycles. The Hall–Kier alpha value is -2.63. The van der Waals surface area contributed by atoms with Gasteiger partial charge in [-0.25, -0.2) is 4.79 Å². The molecule has 6 heteroatoms.